The Labute approximate surface area is 296 Å². The van der Waals surface area contributed by atoms with Gasteiger partial charge in [0.2, 0.25) is 5.88 Å². The van der Waals surface area contributed by atoms with Gasteiger partial charge in [0, 0.05) is 62.0 Å². The van der Waals surface area contributed by atoms with Crippen LogP contribution < -0.4 is 31.9 Å². The molecule has 2 aliphatic heterocycles. The second-order valence-corrected chi connectivity index (χ2v) is 13.8. The molecule has 0 saturated carbocycles. The van der Waals surface area contributed by atoms with Crippen LogP contribution in [0.2, 0.25) is 10.0 Å². The molecule has 2 fully saturated rings. The second-order valence-electron chi connectivity index (χ2n) is 13.0. The molecular weight excluding hydrogens is 681 g/mol. The van der Waals surface area contributed by atoms with Gasteiger partial charge in [0.25, 0.3) is 5.56 Å². The summed E-state index contributed by atoms with van der Waals surface area (Å²) in [5, 5.41) is 10.2. The number of carbonyl (C=O) groups excluding carboxylic acids is 1. The molecule has 2 saturated heterocycles. The molecule has 256 valence electrons. The number of amides is 2. The van der Waals surface area contributed by atoms with Gasteiger partial charge in [0.05, 0.1) is 34.1 Å². The summed E-state index contributed by atoms with van der Waals surface area (Å²) in [6.07, 6.45) is 3.98. The number of carbonyl (C=O) groups is 1. The third kappa shape index (κ3) is 5.10. The predicted octanol–water partition coefficient (Wildman–Crippen LogP) is 4.56. The molecule has 5 aromatic rings. The van der Waals surface area contributed by atoms with Crippen molar-refractivity contribution in [2.75, 3.05) is 32.1 Å². The van der Waals surface area contributed by atoms with Gasteiger partial charge in [0.1, 0.15) is 17.5 Å². The summed E-state index contributed by atoms with van der Waals surface area (Å²) < 4.78 is 8.21. The van der Waals surface area contributed by atoms with E-state index in [1.165, 1.54) is 17.9 Å². The first kappa shape index (κ1) is 32.2. The number of aromatic nitrogens is 5. The number of rotatable bonds is 6. The fraction of sp³-hybridized carbons (Fsp3) is 0.314. The van der Waals surface area contributed by atoms with Gasteiger partial charge in [-0.2, -0.15) is 0 Å². The molecule has 15 heteroatoms. The molecule has 1 aliphatic carbocycles. The minimum absolute atomic E-state index is 0.105. The van der Waals surface area contributed by atoms with Gasteiger partial charge in [-0.15, -0.1) is 0 Å². The highest BCUT2D eigenvalue weighted by molar-refractivity contribution is 6.39. The highest BCUT2D eigenvalue weighted by Gasteiger charge is 2.46. The third-order valence-corrected chi connectivity index (χ3v) is 11.0. The van der Waals surface area contributed by atoms with Crippen LogP contribution in [0.4, 0.5) is 16.3 Å². The maximum atomic E-state index is 13.1. The van der Waals surface area contributed by atoms with Crippen LogP contribution in [0.25, 0.3) is 33.4 Å². The molecule has 2 aromatic carbocycles. The summed E-state index contributed by atoms with van der Waals surface area (Å²) in [6, 6.07) is 13.3. The summed E-state index contributed by atoms with van der Waals surface area (Å²) in [7, 11) is 4.60. The molecule has 50 heavy (non-hydrogen) atoms. The number of urea groups is 1. The molecule has 0 bridgehead atoms. The number of methoxy groups -OCH3 is 1. The Morgan fingerprint density at radius 1 is 1.00 bits per heavy atom. The molecule has 0 unspecified atom stereocenters. The van der Waals surface area contributed by atoms with E-state index < -0.39 is 11.2 Å². The quantitative estimate of drug-likeness (QED) is 0.230. The SMILES string of the molecule is COc1nc(-c2cccc(-c3cccc(Nc4ncnc5c4c(=O)n(C)c(=O)n5C)c3Cl)c2Cl)cc2c1[C@@H](N1CC[C@]3(CNC(=O)N3)C1)CC2. The number of nitrogens with zero attached hydrogens (tertiary/aromatic N) is 6. The zero-order valence-corrected chi connectivity index (χ0v) is 29.0. The van der Waals surface area contributed by atoms with Gasteiger partial charge < -0.3 is 20.7 Å². The third-order valence-electron chi connectivity index (χ3n) is 10.2. The summed E-state index contributed by atoms with van der Waals surface area (Å²) >= 11 is 14.2. The van der Waals surface area contributed by atoms with Crippen LogP contribution in [0, 0.1) is 0 Å². The van der Waals surface area contributed by atoms with E-state index >= 15 is 0 Å². The van der Waals surface area contributed by atoms with Crippen LogP contribution >= 0.6 is 23.2 Å². The molecule has 2 amide bonds. The fourth-order valence-electron chi connectivity index (χ4n) is 7.63. The molecule has 0 radical (unpaired) electrons. The maximum absolute atomic E-state index is 13.1. The Morgan fingerprint density at radius 3 is 2.52 bits per heavy atom. The maximum Gasteiger partial charge on any atom is 0.332 e. The van der Waals surface area contributed by atoms with Gasteiger partial charge in [-0.05, 0) is 37.0 Å². The van der Waals surface area contributed by atoms with E-state index in [4.69, 9.17) is 32.9 Å². The smallest absolute Gasteiger partial charge is 0.332 e. The van der Waals surface area contributed by atoms with Crippen molar-refractivity contribution in [1.82, 2.24) is 39.6 Å². The highest BCUT2D eigenvalue weighted by atomic mass is 35.5. The van der Waals surface area contributed by atoms with Gasteiger partial charge in [-0.3, -0.25) is 18.8 Å². The zero-order valence-electron chi connectivity index (χ0n) is 27.5. The number of ether oxygens (including phenoxy) is 1. The van der Waals surface area contributed by atoms with Gasteiger partial charge in [-0.25, -0.2) is 24.5 Å². The van der Waals surface area contributed by atoms with Crippen molar-refractivity contribution in [2.24, 2.45) is 14.1 Å². The Hall–Kier alpha value is -4.98. The van der Waals surface area contributed by atoms with Crippen molar-refractivity contribution in [2.45, 2.75) is 30.8 Å². The fourth-order valence-corrected chi connectivity index (χ4v) is 8.23. The lowest BCUT2D eigenvalue weighted by Crippen LogP contribution is -2.46. The van der Waals surface area contributed by atoms with Crippen LogP contribution in [0.3, 0.4) is 0 Å². The lowest BCUT2D eigenvalue weighted by Gasteiger charge is -2.28. The molecule has 5 heterocycles. The Bertz CT molecular complexity index is 2360. The van der Waals surface area contributed by atoms with E-state index in [9.17, 15) is 14.4 Å². The van der Waals surface area contributed by atoms with Crippen molar-refractivity contribution in [1.29, 1.82) is 0 Å². The first-order valence-electron chi connectivity index (χ1n) is 16.2. The molecule has 1 spiro atoms. The normalized spacial score (nSPS) is 19.9. The van der Waals surface area contributed by atoms with Gasteiger partial charge in [-0.1, -0.05) is 53.5 Å². The Balaban J connectivity index is 1.13. The molecular formula is C35H33Cl2N9O4. The standard InChI is InChI=1S/C35H33Cl2N9O4/c1-44-30-26(32(47)45(2)34(44)49)29(39-17-40-30)41-22-9-5-7-20(28(22)37)19-6-4-8-21(27(19)36)23-14-18-10-11-24(25(18)31(42-23)50-3)46-13-12-35(16-46)15-38-33(48)43-35/h4-9,14,17,24H,10-13,15-16H2,1-3H3,(H2,38,43,48)(H,39,40,41)/t24-,35-/m0/s1. The van der Waals surface area contributed by atoms with E-state index in [1.807, 2.05) is 30.3 Å². The van der Waals surface area contributed by atoms with Crippen molar-refractivity contribution in [3.63, 3.8) is 0 Å². The number of nitrogens with one attached hydrogen (secondary N) is 3. The molecule has 13 nitrogen and oxygen atoms in total. The van der Waals surface area contributed by atoms with Crippen LogP contribution in [-0.4, -0.2) is 67.3 Å². The molecule has 3 aromatic heterocycles. The number of pyridine rings is 1. The van der Waals surface area contributed by atoms with E-state index in [1.54, 1.807) is 20.2 Å². The van der Waals surface area contributed by atoms with E-state index in [2.05, 4.69) is 36.9 Å². The average molecular weight is 715 g/mol. The predicted molar refractivity (Wildman–Crippen MR) is 192 cm³/mol. The Kier molecular flexibility index (Phi) is 7.81. The number of aryl methyl sites for hydroxylation is 2. The number of halogens is 2. The summed E-state index contributed by atoms with van der Waals surface area (Å²) in [5.41, 5.74) is 4.46. The van der Waals surface area contributed by atoms with Crippen molar-refractivity contribution < 1.29 is 9.53 Å². The second kappa shape index (κ2) is 12.1. The lowest BCUT2D eigenvalue weighted by molar-refractivity contribution is 0.219. The van der Waals surface area contributed by atoms with Crippen molar-refractivity contribution in [3.8, 4) is 28.3 Å². The number of likely N-dealkylation sites (tertiary alicyclic amines) is 1. The molecule has 3 N–H and O–H groups in total. The van der Waals surface area contributed by atoms with Crippen LogP contribution in [0.5, 0.6) is 5.88 Å². The van der Waals surface area contributed by atoms with Crippen molar-refractivity contribution in [3.05, 3.63) is 90.8 Å². The molecule has 2 atom stereocenters. The van der Waals surface area contributed by atoms with Gasteiger partial charge >= 0.3 is 11.7 Å². The number of fused-ring (bicyclic) bond motifs is 2. The van der Waals surface area contributed by atoms with Gasteiger partial charge in [0.15, 0.2) is 5.65 Å². The topological polar surface area (TPSA) is 148 Å². The Morgan fingerprint density at radius 2 is 1.76 bits per heavy atom. The molecule has 3 aliphatic rings. The largest absolute Gasteiger partial charge is 0.481 e. The monoisotopic (exact) mass is 713 g/mol. The minimum atomic E-state index is -0.526. The average Bonchev–Trinajstić information content (AvgIpc) is 3.84. The number of hydrogen-bond donors (Lipinski definition) is 3. The van der Waals surface area contributed by atoms with Crippen LogP contribution in [-0.2, 0) is 20.5 Å². The summed E-state index contributed by atoms with van der Waals surface area (Å²) in [5.74, 6) is 0.785. The summed E-state index contributed by atoms with van der Waals surface area (Å²) in [4.78, 5) is 53.4. The highest BCUT2D eigenvalue weighted by Crippen LogP contribution is 2.47. The first-order valence-corrected chi connectivity index (χ1v) is 17.0. The van der Waals surface area contributed by atoms with E-state index in [0.29, 0.717) is 45.0 Å². The van der Waals surface area contributed by atoms with E-state index in [0.717, 1.165) is 53.6 Å². The van der Waals surface area contributed by atoms with Crippen LogP contribution in [0.15, 0.2) is 58.4 Å². The zero-order chi connectivity index (χ0) is 34.9. The molecule has 8 rings (SSSR count). The number of anilines is 2. The summed E-state index contributed by atoms with van der Waals surface area (Å²) in [6.45, 7) is 2.28. The van der Waals surface area contributed by atoms with E-state index in [-0.39, 0.29) is 34.5 Å². The van der Waals surface area contributed by atoms with Crippen LogP contribution in [0.1, 0.15) is 30.0 Å². The number of benzene rings is 2. The lowest BCUT2D eigenvalue weighted by atomic mass is 9.99. The number of hydrogen-bond acceptors (Lipinski definition) is 9. The minimum Gasteiger partial charge on any atom is -0.481 e. The first-order chi connectivity index (χ1) is 24.1. The van der Waals surface area contributed by atoms with Crippen molar-refractivity contribution >= 4 is 51.8 Å².